The molecule has 84 valence electrons. The Morgan fingerprint density at radius 2 is 2.06 bits per heavy atom. The summed E-state index contributed by atoms with van der Waals surface area (Å²) in [6, 6.07) is 7.94. The molecule has 1 N–H and O–H groups in total. The first kappa shape index (κ1) is 11.6. The second-order valence-corrected chi connectivity index (χ2v) is 6.22. The van der Waals surface area contributed by atoms with E-state index in [1.165, 1.54) is 11.3 Å². The number of thiophene rings is 1. The normalized spacial score (nSPS) is 11.9. The van der Waals surface area contributed by atoms with E-state index in [-0.39, 0.29) is 0 Å². The van der Waals surface area contributed by atoms with E-state index >= 15 is 0 Å². The number of carbonyl (C=O) groups is 1. The van der Waals surface area contributed by atoms with Gasteiger partial charge in [0, 0.05) is 14.0 Å². The first-order valence-electron chi connectivity index (χ1n) is 4.84. The van der Waals surface area contributed by atoms with Gasteiger partial charge in [-0.1, -0.05) is 22.0 Å². The van der Waals surface area contributed by atoms with Gasteiger partial charge in [-0.15, -0.1) is 11.3 Å². The molecule has 0 atom stereocenters. The van der Waals surface area contributed by atoms with Crippen molar-refractivity contribution in [1.29, 1.82) is 0 Å². The van der Waals surface area contributed by atoms with Gasteiger partial charge in [0.05, 0.1) is 5.41 Å². The minimum atomic E-state index is -0.823. The van der Waals surface area contributed by atoms with Gasteiger partial charge in [0.1, 0.15) is 0 Å². The highest BCUT2D eigenvalue weighted by molar-refractivity contribution is 9.10. The van der Waals surface area contributed by atoms with Crippen LogP contribution < -0.4 is 0 Å². The van der Waals surface area contributed by atoms with Gasteiger partial charge >= 0.3 is 5.97 Å². The number of benzene rings is 1. The standard InChI is InChI=1S/C12H11BrO2S/c1-12(2,11(14)15)10-5-7-3-4-8(13)6-9(7)16-10/h3-6H,1-2H3,(H,14,15). The molecule has 0 fully saturated rings. The molecule has 1 heterocycles. The van der Waals surface area contributed by atoms with E-state index in [9.17, 15) is 9.90 Å². The zero-order chi connectivity index (χ0) is 11.9. The van der Waals surface area contributed by atoms with Crippen LogP contribution in [0.3, 0.4) is 0 Å². The van der Waals surface area contributed by atoms with Gasteiger partial charge in [-0.2, -0.15) is 0 Å². The van der Waals surface area contributed by atoms with Crippen LogP contribution in [-0.4, -0.2) is 11.1 Å². The van der Waals surface area contributed by atoms with E-state index in [1.807, 2.05) is 24.3 Å². The van der Waals surface area contributed by atoms with Crippen molar-refractivity contribution >= 4 is 43.3 Å². The number of carboxylic acid groups (broad SMARTS) is 1. The molecule has 0 saturated carbocycles. The number of halogens is 1. The van der Waals surface area contributed by atoms with E-state index in [2.05, 4.69) is 15.9 Å². The summed E-state index contributed by atoms with van der Waals surface area (Å²) >= 11 is 4.95. The topological polar surface area (TPSA) is 37.3 Å². The van der Waals surface area contributed by atoms with E-state index in [1.54, 1.807) is 13.8 Å². The Kier molecular flexibility index (Phi) is 2.80. The number of rotatable bonds is 2. The molecule has 2 nitrogen and oxygen atoms in total. The molecule has 0 spiro atoms. The molecule has 16 heavy (non-hydrogen) atoms. The largest absolute Gasteiger partial charge is 0.481 e. The maximum Gasteiger partial charge on any atom is 0.314 e. The average molecular weight is 299 g/mol. The molecule has 2 rings (SSSR count). The van der Waals surface area contributed by atoms with Crippen LogP contribution in [0.5, 0.6) is 0 Å². The van der Waals surface area contributed by atoms with Crippen LogP contribution in [0.1, 0.15) is 18.7 Å². The predicted octanol–water partition coefficient (Wildman–Crippen LogP) is 4.03. The first-order chi connectivity index (χ1) is 7.41. The lowest BCUT2D eigenvalue weighted by molar-refractivity contribution is -0.142. The van der Waals surface area contributed by atoms with Crippen molar-refractivity contribution in [3.63, 3.8) is 0 Å². The van der Waals surface area contributed by atoms with Crippen LogP contribution in [0.4, 0.5) is 0 Å². The van der Waals surface area contributed by atoms with Crippen LogP contribution >= 0.6 is 27.3 Å². The highest BCUT2D eigenvalue weighted by Gasteiger charge is 2.31. The highest BCUT2D eigenvalue weighted by atomic mass is 79.9. The van der Waals surface area contributed by atoms with Crippen molar-refractivity contribution in [2.24, 2.45) is 0 Å². The lowest BCUT2D eigenvalue weighted by atomic mass is 9.91. The van der Waals surface area contributed by atoms with Crippen LogP contribution in [-0.2, 0) is 10.2 Å². The minimum Gasteiger partial charge on any atom is -0.481 e. The lowest BCUT2D eigenvalue weighted by Crippen LogP contribution is -2.27. The number of hydrogen-bond acceptors (Lipinski definition) is 2. The van der Waals surface area contributed by atoms with E-state index in [0.29, 0.717) is 0 Å². The smallest absolute Gasteiger partial charge is 0.314 e. The predicted molar refractivity (Wildman–Crippen MR) is 70.2 cm³/mol. The summed E-state index contributed by atoms with van der Waals surface area (Å²) < 4.78 is 2.13. The molecule has 1 aromatic carbocycles. The molecule has 0 aliphatic rings. The van der Waals surface area contributed by atoms with Crippen molar-refractivity contribution in [2.75, 3.05) is 0 Å². The fourth-order valence-corrected chi connectivity index (χ4v) is 3.13. The number of carboxylic acids is 1. The Morgan fingerprint density at radius 1 is 1.38 bits per heavy atom. The van der Waals surface area contributed by atoms with E-state index in [0.717, 1.165) is 19.4 Å². The van der Waals surface area contributed by atoms with Crippen LogP contribution in [0.2, 0.25) is 0 Å². The highest BCUT2D eigenvalue weighted by Crippen LogP contribution is 2.35. The SMILES string of the molecule is CC(C)(C(=O)O)c1cc2ccc(Br)cc2s1. The second kappa shape index (κ2) is 3.86. The van der Waals surface area contributed by atoms with Gasteiger partial charge in [0.25, 0.3) is 0 Å². The van der Waals surface area contributed by atoms with Crippen LogP contribution in [0.25, 0.3) is 10.1 Å². The summed E-state index contributed by atoms with van der Waals surface area (Å²) in [4.78, 5) is 12.0. The quantitative estimate of drug-likeness (QED) is 0.909. The summed E-state index contributed by atoms with van der Waals surface area (Å²) in [7, 11) is 0. The molecular weight excluding hydrogens is 288 g/mol. The minimum absolute atomic E-state index is 0.793. The van der Waals surface area contributed by atoms with Crippen molar-refractivity contribution in [3.8, 4) is 0 Å². The van der Waals surface area contributed by atoms with Gasteiger partial charge in [0.2, 0.25) is 0 Å². The molecule has 1 aromatic heterocycles. The van der Waals surface area contributed by atoms with E-state index in [4.69, 9.17) is 0 Å². The number of hydrogen-bond donors (Lipinski definition) is 1. The van der Waals surface area contributed by atoms with Crippen molar-refractivity contribution in [1.82, 2.24) is 0 Å². The second-order valence-electron chi connectivity index (χ2n) is 4.22. The van der Waals surface area contributed by atoms with Gasteiger partial charge in [-0.25, -0.2) is 0 Å². The Bertz CT molecular complexity index is 557. The summed E-state index contributed by atoms with van der Waals surface area (Å²) in [6.45, 7) is 3.46. The Balaban J connectivity index is 2.59. The fraction of sp³-hybridized carbons (Fsp3) is 0.250. The third-order valence-corrected chi connectivity index (χ3v) is 4.55. The molecule has 0 unspecified atom stereocenters. The summed E-state index contributed by atoms with van der Waals surface area (Å²) in [6.07, 6.45) is 0. The maximum atomic E-state index is 11.2. The average Bonchev–Trinajstić information content (AvgIpc) is 2.60. The van der Waals surface area contributed by atoms with Crippen molar-refractivity contribution < 1.29 is 9.90 Å². The third-order valence-electron chi connectivity index (χ3n) is 2.63. The monoisotopic (exact) mass is 298 g/mol. The maximum absolute atomic E-state index is 11.2. The molecular formula is C12H11BrO2S. The Labute approximate surface area is 106 Å². The molecule has 2 aromatic rings. The van der Waals surface area contributed by atoms with Gasteiger partial charge < -0.3 is 5.11 Å². The van der Waals surface area contributed by atoms with Crippen molar-refractivity contribution in [3.05, 3.63) is 33.6 Å². The van der Waals surface area contributed by atoms with Crippen molar-refractivity contribution in [2.45, 2.75) is 19.3 Å². The van der Waals surface area contributed by atoms with Gasteiger partial charge in [-0.3, -0.25) is 4.79 Å². The van der Waals surface area contributed by atoms with Gasteiger partial charge in [0.15, 0.2) is 0 Å². The number of fused-ring (bicyclic) bond motifs is 1. The van der Waals surface area contributed by atoms with Gasteiger partial charge in [-0.05, 0) is 37.4 Å². The van der Waals surface area contributed by atoms with Crippen LogP contribution in [0, 0.1) is 0 Å². The lowest BCUT2D eigenvalue weighted by Gasteiger charge is -2.16. The summed E-state index contributed by atoms with van der Waals surface area (Å²) in [5.41, 5.74) is -0.823. The summed E-state index contributed by atoms with van der Waals surface area (Å²) in [5, 5.41) is 10.3. The zero-order valence-electron chi connectivity index (χ0n) is 8.95. The third kappa shape index (κ3) is 1.87. The molecule has 0 aliphatic heterocycles. The zero-order valence-corrected chi connectivity index (χ0v) is 11.4. The van der Waals surface area contributed by atoms with E-state index < -0.39 is 11.4 Å². The Morgan fingerprint density at radius 3 is 2.69 bits per heavy atom. The molecule has 0 bridgehead atoms. The Hall–Kier alpha value is -0.870. The fourth-order valence-electron chi connectivity index (χ4n) is 1.42. The number of aliphatic carboxylic acids is 1. The molecule has 4 heteroatoms. The first-order valence-corrected chi connectivity index (χ1v) is 6.45. The van der Waals surface area contributed by atoms with Crippen LogP contribution in [0.15, 0.2) is 28.7 Å². The molecule has 0 saturated heterocycles. The molecule has 0 aliphatic carbocycles. The summed E-state index contributed by atoms with van der Waals surface area (Å²) in [5.74, 6) is -0.793. The molecule has 0 amide bonds. The molecule has 0 radical (unpaired) electrons.